The predicted octanol–water partition coefficient (Wildman–Crippen LogP) is 2.55. The molecular weight excluding hydrogens is 253 g/mol. The van der Waals surface area contributed by atoms with Gasteiger partial charge in [0.1, 0.15) is 11.3 Å². The van der Waals surface area contributed by atoms with E-state index in [0.29, 0.717) is 5.52 Å². The van der Waals surface area contributed by atoms with E-state index in [0.717, 1.165) is 16.6 Å². The second-order valence-electron chi connectivity index (χ2n) is 3.25. The molecule has 0 aliphatic carbocycles. The van der Waals surface area contributed by atoms with E-state index in [4.69, 9.17) is 0 Å². The molecule has 3 heteroatoms. The number of aromatic nitrogens is 1. The summed E-state index contributed by atoms with van der Waals surface area (Å²) in [5, 5.41) is 10.6. The first-order valence-corrected chi connectivity index (χ1v) is 4.24. The second kappa shape index (κ2) is 4.23. The van der Waals surface area contributed by atoms with Crippen LogP contribution >= 0.6 is 0 Å². The van der Waals surface area contributed by atoms with Gasteiger partial charge in [-0.1, -0.05) is 12.1 Å². The van der Waals surface area contributed by atoms with Crippen molar-refractivity contribution in [2.75, 3.05) is 0 Å². The molecule has 0 fully saturated rings. The number of pyridine rings is 1. The predicted molar refractivity (Wildman–Crippen MR) is 52.9 cm³/mol. The van der Waals surface area contributed by atoms with Crippen molar-refractivity contribution in [1.29, 1.82) is 0 Å². The third-order valence-corrected chi connectivity index (χ3v) is 2.15. The molecule has 0 aliphatic rings. The van der Waals surface area contributed by atoms with E-state index < -0.39 is 0 Å². The van der Waals surface area contributed by atoms with Crippen LogP contribution in [0.3, 0.4) is 0 Å². The van der Waals surface area contributed by atoms with Crippen LogP contribution in [0.1, 0.15) is 11.3 Å². The Morgan fingerprint density at radius 1 is 1.21 bits per heavy atom. The Morgan fingerprint density at radius 3 is 2.64 bits per heavy atom. The zero-order valence-electron chi connectivity index (χ0n) is 8.20. The van der Waals surface area contributed by atoms with Gasteiger partial charge in [-0.05, 0) is 31.5 Å². The number of benzene rings is 1. The number of nitrogens with zero attached hydrogens (tertiary/aromatic N) is 1. The molecule has 0 amide bonds. The maximum atomic E-state index is 9.56. The topological polar surface area (TPSA) is 33.1 Å². The van der Waals surface area contributed by atoms with Crippen LogP contribution in [0.4, 0.5) is 0 Å². The molecule has 1 N–H and O–H groups in total. The largest absolute Gasteiger partial charge is 0.506 e. The fraction of sp³-hybridized carbons (Fsp3) is 0.182. The molecule has 0 saturated carbocycles. The first-order chi connectivity index (χ1) is 6.18. The summed E-state index contributed by atoms with van der Waals surface area (Å²) in [6, 6.07) is 7.48. The van der Waals surface area contributed by atoms with Gasteiger partial charge in [-0.25, -0.2) is 4.98 Å². The first kappa shape index (κ1) is 11.4. The zero-order chi connectivity index (χ0) is 9.42. The summed E-state index contributed by atoms with van der Waals surface area (Å²) in [4.78, 5) is 4.29. The average molecular weight is 264 g/mol. The van der Waals surface area contributed by atoms with Gasteiger partial charge in [0.2, 0.25) is 0 Å². The Morgan fingerprint density at radius 2 is 1.93 bits per heavy atom. The van der Waals surface area contributed by atoms with Gasteiger partial charge in [0.15, 0.2) is 0 Å². The molecule has 0 atom stereocenters. The molecule has 0 radical (unpaired) electrons. The maximum Gasteiger partial charge on any atom is 0.141 e. The molecule has 0 spiro atoms. The number of hydrogen-bond donors (Lipinski definition) is 1. The summed E-state index contributed by atoms with van der Waals surface area (Å²) in [5.41, 5.74) is 2.78. The van der Waals surface area contributed by atoms with Crippen LogP contribution in [0, 0.1) is 13.8 Å². The Labute approximate surface area is 102 Å². The standard InChI is InChI=1S/C11H11NO.Zr/c1-7-6-8(2)12-11-9(7)4-3-5-10(11)13;/h3-6,13H,1-2H3;. The Bertz CT molecular complexity index is 468. The van der Waals surface area contributed by atoms with E-state index in [1.54, 1.807) is 6.07 Å². The van der Waals surface area contributed by atoms with Gasteiger partial charge in [-0.15, -0.1) is 0 Å². The maximum absolute atomic E-state index is 9.56. The molecule has 1 aromatic carbocycles. The van der Waals surface area contributed by atoms with Gasteiger partial charge in [0, 0.05) is 37.3 Å². The molecule has 1 aromatic heterocycles. The number of aromatic hydroxyl groups is 1. The Kier molecular flexibility index (Phi) is 3.44. The number of rotatable bonds is 0. The summed E-state index contributed by atoms with van der Waals surface area (Å²) < 4.78 is 0. The van der Waals surface area contributed by atoms with Crippen molar-refractivity contribution in [2.24, 2.45) is 0 Å². The van der Waals surface area contributed by atoms with Crippen molar-refractivity contribution < 1.29 is 31.3 Å². The van der Waals surface area contributed by atoms with Gasteiger partial charge in [0.05, 0.1) is 0 Å². The summed E-state index contributed by atoms with van der Waals surface area (Å²) in [6.45, 7) is 3.95. The fourth-order valence-electron chi connectivity index (χ4n) is 1.57. The number of aryl methyl sites for hydroxylation is 2. The van der Waals surface area contributed by atoms with Crippen molar-refractivity contribution in [3.8, 4) is 5.75 Å². The van der Waals surface area contributed by atoms with Crippen LogP contribution < -0.4 is 0 Å². The molecule has 2 aromatic rings. The van der Waals surface area contributed by atoms with Crippen molar-refractivity contribution in [3.05, 3.63) is 35.5 Å². The third kappa shape index (κ3) is 1.88. The van der Waals surface area contributed by atoms with Crippen LogP contribution in [-0.2, 0) is 26.2 Å². The fourth-order valence-corrected chi connectivity index (χ4v) is 1.57. The van der Waals surface area contributed by atoms with Gasteiger partial charge in [-0.2, -0.15) is 0 Å². The van der Waals surface area contributed by atoms with E-state index in [1.807, 2.05) is 32.0 Å². The Balaban J connectivity index is 0.000000980. The van der Waals surface area contributed by atoms with Crippen molar-refractivity contribution in [2.45, 2.75) is 13.8 Å². The van der Waals surface area contributed by atoms with Crippen molar-refractivity contribution in [1.82, 2.24) is 4.98 Å². The van der Waals surface area contributed by atoms with E-state index in [2.05, 4.69) is 4.98 Å². The molecule has 0 unspecified atom stereocenters. The number of para-hydroxylation sites is 1. The summed E-state index contributed by atoms with van der Waals surface area (Å²) in [6.07, 6.45) is 0. The monoisotopic (exact) mass is 263 g/mol. The third-order valence-electron chi connectivity index (χ3n) is 2.15. The summed E-state index contributed by atoms with van der Waals surface area (Å²) in [7, 11) is 0. The molecule has 0 aliphatic heterocycles. The number of phenolic OH excluding ortho intramolecular Hbond substituents is 1. The molecule has 0 bridgehead atoms. The van der Waals surface area contributed by atoms with E-state index in [-0.39, 0.29) is 32.0 Å². The van der Waals surface area contributed by atoms with Crippen molar-refractivity contribution >= 4 is 10.9 Å². The van der Waals surface area contributed by atoms with Crippen LogP contribution in [0.5, 0.6) is 5.75 Å². The van der Waals surface area contributed by atoms with Gasteiger partial charge in [0.25, 0.3) is 0 Å². The Hall–Kier alpha value is -0.687. The first-order valence-electron chi connectivity index (χ1n) is 4.24. The summed E-state index contributed by atoms with van der Waals surface area (Å²) in [5.74, 6) is 0.254. The SMILES string of the molecule is Cc1cc(C)c2cccc(O)c2n1.[Zr]. The van der Waals surface area contributed by atoms with Crippen LogP contribution in [0.2, 0.25) is 0 Å². The molecule has 2 rings (SSSR count). The number of fused-ring (bicyclic) bond motifs is 1. The molecular formula is C11H11NOZr. The summed E-state index contributed by atoms with van der Waals surface area (Å²) >= 11 is 0. The van der Waals surface area contributed by atoms with Crippen LogP contribution in [-0.4, -0.2) is 10.1 Å². The molecule has 0 saturated heterocycles. The number of hydrogen-bond acceptors (Lipinski definition) is 2. The molecule has 2 nitrogen and oxygen atoms in total. The molecule has 1 heterocycles. The molecule has 14 heavy (non-hydrogen) atoms. The van der Waals surface area contributed by atoms with Gasteiger partial charge in [-0.3, -0.25) is 0 Å². The second-order valence-corrected chi connectivity index (χ2v) is 3.25. The minimum Gasteiger partial charge on any atom is -0.506 e. The molecule has 70 valence electrons. The average Bonchev–Trinajstić information content (AvgIpc) is 2.07. The van der Waals surface area contributed by atoms with Crippen LogP contribution in [0.15, 0.2) is 24.3 Å². The van der Waals surface area contributed by atoms with Gasteiger partial charge >= 0.3 is 0 Å². The van der Waals surface area contributed by atoms with Crippen LogP contribution in [0.25, 0.3) is 10.9 Å². The smallest absolute Gasteiger partial charge is 0.141 e. The minimum atomic E-state index is 0. The van der Waals surface area contributed by atoms with E-state index in [1.165, 1.54) is 0 Å². The van der Waals surface area contributed by atoms with Gasteiger partial charge < -0.3 is 5.11 Å². The van der Waals surface area contributed by atoms with Crippen molar-refractivity contribution in [3.63, 3.8) is 0 Å². The normalized spacial score (nSPS) is 9.86. The quantitative estimate of drug-likeness (QED) is 0.793. The van der Waals surface area contributed by atoms with E-state index >= 15 is 0 Å². The van der Waals surface area contributed by atoms with E-state index in [9.17, 15) is 5.11 Å². The minimum absolute atomic E-state index is 0. The zero-order valence-corrected chi connectivity index (χ0v) is 10.7. The number of phenols is 1.